The lowest BCUT2D eigenvalue weighted by atomic mass is 9.73. The van der Waals surface area contributed by atoms with E-state index in [1.807, 2.05) is 12.1 Å². The summed E-state index contributed by atoms with van der Waals surface area (Å²) in [6.07, 6.45) is -11.6. The molecule has 0 saturated carbocycles. The molecule has 0 atom stereocenters. The molecule has 4 aromatic rings. The van der Waals surface area contributed by atoms with Crippen molar-refractivity contribution in [1.29, 1.82) is 10.5 Å². The Morgan fingerprint density at radius 2 is 0.878 bits per heavy atom. The highest BCUT2D eigenvalue weighted by molar-refractivity contribution is 6.32. The van der Waals surface area contributed by atoms with E-state index in [2.05, 4.69) is 0 Å². The summed E-state index contributed by atoms with van der Waals surface area (Å²) >= 11 is 11.9. The molecule has 0 aromatic heterocycles. The van der Waals surface area contributed by atoms with Gasteiger partial charge in [-0.15, -0.1) is 0 Å². The molecule has 4 aromatic carbocycles. The third-order valence-electron chi connectivity index (χ3n) is 6.06. The van der Waals surface area contributed by atoms with Crippen LogP contribution in [0.3, 0.4) is 0 Å². The van der Waals surface area contributed by atoms with Gasteiger partial charge in [-0.1, -0.05) is 59.6 Å². The van der Waals surface area contributed by atoms with Crippen LogP contribution in [0.1, 0.15) is 22.3 Å². The summed E-state index contributed by atoms with van der Waals surface area (Å²) < 4.78 is 98.3. The predicted octanol–water partition coefficient (Wildman–Crippen LogP) is 9.73. The van der Waals surface area contributed by atoms with Gasteiger partial charge in [0.2, 0.25) is 5.41 Å². The Morgan fingerprint density at radius 3 is 1.17 bits per heavy atom. The lowest BCUT2D eigenvalue weighted by Gasteiger charge is -2.38. The molecule has 0 radical (unpaired) electrons. The van der Waals surface area contributed by atoms with Crippen LogP contribution in [0.25, 0.3) is 0 Å². The van der Waals surface area contributed by atoms with Gasteiger partial charge in [-0.25, -0.2) is 0 Å². The molecule has 0 aliphatic carbocycles. The average Bonchev–Trinajstić information content (AvgIpc) is 2.90. The van der Waals surface area contributed by atoms with Crippen LogP contribution in [0, 0.1) is 22.7 Å². The van der Waals surface area contributed by atoms with Gasteiger partial charge in [-0.3, -0.25) is 0 Å². The van der Waals surface area contributed by atoms with Crippen molar-refractivity contribution in [3.05, 3.63) is 117 Å². The third kappa shape index (κ3) is 5.49. The van der Waals surface area contributed by atoms with E-state index >= 15 is 0 Å². The van der Waals surface area contributed by atoms with Gasteiger partial charge in [-0.2, -0.15) is 36.9 Å². The number of benzene rings is 4. The van der Waals surface area contributed by atoms with E-state index in [0.717, 1.165) is 24.3 Å². The summed E-state index contributed by atoms with van der Waals surface area (Å²) in [5.74, 6) is -0.297. The highest BCUT2D eigenvalue weighted by Crippen LogP contribution is 2.56. The maximum Gasteiger partial charge on any atom is 0.411 e. The first-order valence-corrected chi connectivity index (χ1v) is 12.2. The van der Waals surface area contributed by atoms with Crippen LogP contribution in [-0.4, -0.2) is 12.4 Å². The SMILES string of the molecule is N#Cc1c(Cl)cccc1Oc1ccc(C(c2ccc(Oc3cccc(Cl)c3C#N)cc2)(C(F)(F)F)C(F)(F)F)cc1. The molecule has 0 amide bonds. The molecule has 0 heterocycles. The van der Waals surface area contributed by atoms with Crippen molar-refractivity contribution in [3.8, 4) is 35.1 Å². The second-order valence-corrected chi connectivity index (χ2v) is 9.26. The molecular weight excluding hydrogens is 593 g/mol. The molecule has 0 aliphatic heterocycles. The van der Waals surface area contributed by atoms with Crippen LogP contribution in [0.15, 0.2) is 84.9 Å². The summed E-state index contributed by atoms with van der Waals surface area (Å²) in [5.41, 5.74) is -6.77. The zero-order chi connectivity index (χ0) is 30.0. The Balaban J connectivity index is 1.76. The fourth-order valence-corrected chi connectivity index (χ4v) is 4.59. The Kier molecular flexibility index (Phi) is 8.12. The summed E-state index contributed by atoms with van der Waals surface area (Å²) in [4.78, 5) is 0. The third-order valence-corrected chi connectivity index (χ3v) is 6.69. The lowest BCUT2D eigenvalue weighted by Crippen LogP contribution is -2.54. The molecule has 12 heteroatoms. The van der Waals surface area contributed by atoms with Crippen LogP contribution in [0.2, 0.25) is 10.0 Å². The van der Waals surface area contributed by atoms with Crippen molar-refractivity contribution < 1.29 is 35.8 Å². The smallest absolute Gasteiger partial charge is 0.411 e. The van der Waals surface area contributed by atoms with Crippen molar-refractivity contribution in [2.24, 2.45) is 0 Å². The van der Waals surface area contributed by atoms with E-state index in [0.29, 0.717) is 24.3 Å². The number of ether oxygens (including phenoxy) is 2. The fourth-order valence-electron chi connectivity index (χ4n) is 4.18. The fraction of sp³-hybridized carbons (Fsp3) is 0.103. The minimum Gasteiger partial charge on any atom is -0.456 e. The summed E-state index contributed by atoms with van der Waals surface area (Å²) in [6.45, 7) is 0. The standard InChI is InChI=1S/C29H14Cl2F6N2O2/c30-23-3-1-5-25(21(23)15-38)40-19-11-7-17(8-12-19)27(28(32,33)34,29(35,36)37)18-9-13-20(14-10-18)41-26-6-2-4-24(31)22(26)16-39/h1-14H. The molecule has 0 aliphatic rings. The maximum atomic E-state index is 14.5. The molecule has 41 heavy (non-hydrogen) atoms. The van der Waals surface area contributed by atoms with Gasteiger partial charge in [0.1, 0.15) is 46.3 Å². The second kappa shape index (κ2) is 11.2. The van der Waals surface area contributed by atoms with E-state index in [-0.39, 0.29) is 44.2 Å². The molecule has 208 valence electrons. The maximum absolute atomic E-state index is 14.5. The van der Waals surface area contributed by atoms with Gasteiger partial charge >= 0.3 is 12.4 Å². The van der Waals surface area contributed by atoms with Crippen LogP contribution in [0.5, 0.6) is 23.0 Å². The Bertz CT molecular complexity index is 1530. The minimum absolute atomic E-state index is 0.0273. The number of hydrogen-bond donors (Lipinski definition) is 0. The Morgan fingerprint density at radius 1 is 0.537 bits per heavy atom. The number of rotatable bonds is 6. The summed E-state index contributed by atoms with van der Waals surface area (Å²) in [7, 11) is 0. The van der Waals surface area contributed by atoms with Gasteiger partial charge in [0.25, 0.3) is 0 Å². The number of nitriles is 2. The van der Waals surface area contributed by atoms with Crippen molar-refractivity contribution in [1.82, 2.24) is 0 Å². The largest absolute Gasteiger partial charge is 0.456 e. The monoisotopic (exact) mass is 606 g/mol. The van der Waals surface area contributed by atoms with Crippen molar-refractivity contribution in [3.63, 3.8) is 0 Å². The van der Waals surface area contributed by atoms with Crippen LogP contribution >= 0.6 is 23.2 Å². The van der Waals surface area contributed by atoms with Gasteiger partial charge in [0, 0.05) is 0 Å². The zero-order valence-corrected chi connectivity index (χ0v) is 21.8. The van der Waals surface area contributed by atoms with E-state index in [1.54, 1.807) is 0 Å². The van der Waals surface area contributed by atoms with Crippen LogP contribution in [0.4, 0.5) is 26.3 Å². The minimum atomic E-state index is -5.82. The Labute approximate surface area is 239 Å². The van der Waals surface area contributed by atoms with E-state index in [1.165, 1.54) is 36.4 Å². The highest BCUT2D eigenvalue weighted by Gasteiger charge is 2.72. The molecule has 4 rings (SSSR count). The van der Waals surface area contributed by atoms with E-state index in [4.69, 9.17) is 32.7 Å². The lowest BCUT2D eigenvalue weighted by molar-refractivity contribution is -0.288. The molecule has 0 saturated heterocycles. The Hall–Kier alpha value is -4.38. The topological polar surface area (TPSA) is 66.0 Å². The van der Waals surface area contributed by atoms with Crippen molar-refractivity contribution in [2.75, 3.05) is 0 Å². The molecule has 0 spiro atoms. The number of nitrogens with zero attached hydrogens (tertiary/aromatic N) is 2. The van der Waals surface area contributed by atoms with Crippen LogP contribution < -0.4 is 9.47 Å². The van der Waals surface area contributed by atoms with Gasteiger partial charge < -0.3 is 9.47 Å². The van der Waals surface area contributed by atoms with Gasteiger partial charge in [0.15, 0.2) is 0 Å². The second-order valence-electron chi connectivity index (χ2n) is 8.45. The number of hydrogen-bond acceptors (Lipinski definition) is 4. The zero-order valence-electron chi connectivity index (χ0n) is 20.3. The molecule has 0 fully saturated rings. The summed E-state index contributed by atoms with van der Waals surface area (Å²) in [6, 6.07) is 18.5. The first-order chi connectivity index (χ1) is 19.3. The first-order valence-electron chi connectivity index (χ1n) is 11.4. The predicted molar refractivity (Wildman–Crippen MR) is 138 cm³/mol. The summed E-state index contributed by atoms with van der Waals surface area (Å²) in [5, 5.41) is 18.7. The molecular formula is C29H14Cl2F6N2O2. The van der Waals surface area contributed by atoms with Gasteiger partial charge in [0.05, 0.1) is 10.0 Å². The number of halogens is 8. The molecule has 0 unspecified atom stereocenters. The van der Waals surface area contributed by atoms with Crippen LogP contribution in [-0.2, 0) is 5.41 Å². The number of alkyl halides is 6. The highest BCUT2D eigenvalue weighted by atomic mass is 35.5. The normalized spacial score (nSPS) is 11.9. The average molecular weight is 607 g/mol. The van der Waals surface area contributed by atoms with E-state index in [9.17, 15) is 36.9 Å². The first kappa shape index (κ1) is 29.6. The molecule has 0 N–H and O–H groups in total. The van der Waals surface area contributed by atoms with Crippen molar-refractivity contribution >= 4 is 23.2 Å². The van der Waals surface area contributed by atoms with Gasteiger partial charge in [-0.05, 0) is 59.7 Å². The van der Waals surface area contributed by atoms with Crippen molar-refractivity contribution in [2.45, 2.75) is 17.8 Å². The molecule has 4 nitrogen and oxygen atoms in total. The molecule has 0 bridgehead atoms. The quantitative estimate of drug-likeness (QED) is 0.205. The van der Waals surface area contributed by atoms with E-state index < -0.39 is 28.9 Å².